The lowest BCUT2D eigenvalue weighted by molar-refractivity contribution is 0.264. The van der Waals surface area contributed by atoms with Gasteiger partial charge in [-0.25, -0.2) is 0 Å². The van der Waals surface area contributed by atoms with Gasteiger partial charge in [0.25, 0.3) is 30.4 Å². The first kappa shape index (κ1) is 18.8. The fraction of sp³-hybridized carbons (Fsp3) is 1.00. The molecule has 0 aromatic carbocycles. The molecule has 0 atom stereocenters. The van der Waals surface area contributed by atoms with Crippen LogP contribution < -0.4 is 0 Å². The van der Waals surface area contributed by atoms with Crippen molar-refractivity contribution in [3.63, 3.8) is 0 Å². The van der Waals surface area contributed by atoms with Crippen LogP contribution in [0.1, 0.15) is 0 Å². The van der Waals surface area contributed by atoms with Crippen molar-refractivity contribution in [2.24, 2.45) is 17.8 Å². The molecule has 1 aliphatic rings. The van der Waals surface area contributed by atoms with E-state index in [1.165, 1.54) is 0 Å². The highest BCUT2D eigenvalue weighted by Gasteiger charge is 2.51. The standard InChI is InChI=1S/C9H18O9S3/c1-19(10,11)16-4-7-8(5-17-20(2,12)13)9(7)6-18-21(3,14)15/h7-9H,4-6H2,1-3H3. The minimum absolute atomic E-state index is 0.172. The third-order valence-electron chi connectivity index (χ3n) is 2.93. The van der Waals surface area contributed by atoms with Gasteiger partial charge in [-0.2, -0.15) is 25.3 Å². The molecular formula is C9H18O9S3. The lowest BCUT2D eigenvalue weighted by atomic mass is 10.3. The van der Waals surface area contributed by atoms with E-state index in [-0.39, 0.29) is 37.6 Å². The predicted molar refractivity (Wildman–Crippen MR) is 72.9 cm³/mol. The van der Waals surface area contributed by atoms with Crippen LogP contribution in [-0.4, -0.2) is 63.8 Å². The van der Waals surface area contributed by atoms with E-state index in [4.69, 9.17) is 0 Å². The van der Waals surface area contributed by atoms with E-state index in [1.54, 1.807) is 0 Å². The van der Waals surface area contributed by atoms with Gasteiger partial charge in [0.15, 0.2) is 0 Å². The summed E-state index contributed by atoms with van der Waals surface area (Å²) in [5.41, 5.74) is 0. The molecule has 0 N–H and O–H groups in total. The van der Waals surface area contributed by atoms with E-state index < -0.39 is 30.4 Å². The van der Waals surface area contributed by atoms with E-state index in [9.17, 15) is 25.3 Å². The Morgan fingerprint density at radius 1 is 0.571 bits per heavy atom. The zero-order chi connectivity index (χ0) is 16.5. The van der Waals surface area contributed by atoms with Crippen LogP contribution >= 0.6 is 0 Å². The summed E-state index contributed by atoms with van der Waals surface area (Å²) < 4.78 is 79.5. The summed E-state index contributed by atoms with van der Waals surface area (Å²) >= 11 is 0. The molecule has 126 valence electrons. The molecule has 0 aromatic rings. The van der Waals surface area contributed by atoms with Crippen molar-refractivity contribution < 1.29 is 37.8 Å². The third kappa shape index (κ3) is 8.07. The first-order valence-electron chi connectivity index (χ1n) is 5.82. The molecule has 1 fully saturated rings. The summed E-state index contributed by atoms with van der Waals surface area (Å²) in [5.74, 6) is -1.03. The smallest absolute Gasteiger partial charge is 0.264 e. The van der Waals surface area contributed by atoms with Crippen LogP contribution in [0, 0.1) is 17.8 Å². The molecule has 0 spiro atoms. The largest absolute Gasteiger partial charge is 0.270 e. The van der Waals surface area contributed by atoms with Crippen LogP contribution in [0.25, 0.3) is 0 Å². The highest BCUT2D eigenvalue weighted by molar-refractivity contribution is 7.86. The first-order valence-corrected chi connectivity index (χ1v) is 11.3. The van der Waals surface area contributed by atoms with Gasteiger partial charge >= 0.3 is 0 Å². The molecule has 1 saturated carbocycles. The molecule has 9 nitrogen and oxygen atoms in total. The zero-order valence-electron chi connectivity index (χ0n) is 11.8. The fourth-order valence-corrected chi connectivity index (χ4v) is 3.09. The molecule has 0 aliphatic heterocycles. The molecule has 0 saturated heterocycles. The topological polar surface area (TPSA) is 130 Å². The summed E-state index contributed by atoms with van der Waals surface area (Å²) in [6, 6.07) is 0. The van der Waals surface area contributed by atoms with Crippen LogP contribution in [0.15, 0.2) is 0 Å². The molecule has 0 bridgehead atoms. The Morgan fingerprint density at radius 2 is 0.762 bits per heavy atom. The number of hydrogen-bond acceptors (Lipinski definition) is 9. The summed E-state index contributed by atoms with van der Waals surface area (Å²) in [7, 11) is -10.9. The van der Waals surface area contributed by atoms with Crippen LogP contribution in [0.3, 0.4) is 0 Å². The molecule has 0 heterocycles. The van der Waals surface area contributed by atoms with Crippen LogP contribution in [0.2, 0.25) is 0 Å². The fourth-order valence-electron chi connectivity index (χ4n) is 1.87. The van der Waals surface area contributed by atoms with Gasteiger partial charge in [0.05, 0.1) is 38.6 Å². The maximum Gasteiger partial charge on any atom is 0.264 e. The summed E-state index contributed by atoms with van der Waals surface area (Å²) in [4.78, 5) is 0. The molecular weight excluding hydrogens is 348 g/mol. The van der Waals surface area contributed by atoms with Gasteiger partial charge in [0.1, 0.15) is 0 Å². The summed E-state index contributed by atoms with van der Waals surface area (Å²) in [6.45, 7) is -0.517. The highest BCUT2D eigenvalue weighted by atomic mass is 32.2. The average Bonchev–Trinajstić information content (AvgIpc) is 2.90. The molecule has 12 heteroatoms. The van der Waals surface area contributed by atoms with Crippen molar-refractivity contribution in [1.82, 2.24) is 0 Å². The first-order chi connectivity index (χ1) is 9.29. The quantitative estimate of drug-likeness (QED) is 0.461. The van der Waals surface area contributed by atoms with E-state index in [0.717, 1.165) is 18.8 Å². The van der Waals surface area contributed by atoms with E-state index in [2.05, 4.69) is 12.5 Å². The van der Waals surface area contributed by atoms with Gasteiger partial charge in [-0.3, -0.25) is 12.5 Å². The van der Waals surface area contributed by atoms with Gasteiger partial charge in [-0.15, -0.1) is 0 Å². The van der Waals surface area contributed by atoms with Crippen molar-refractivity contribution in [2.45, 2.75) is 0 Å². The molecule has 1 aliphatic carbocycles. The second-order valence-corrected chi connectivity index (χ2v) is 9.89. The van der Waals surface area contributed by atoms with Gasteiger partial charge in [-0.1, -0.05) is 0 Å². The van der Waals surface area contributed by atoms with Crippen molar-refractivity contribution in [2.75, 3.05) is 38.6 Å². The van der Waals surface area contributed by atoms with Crippen LogP contribution in [-0.2, 0) is 42.9 Å². The molecule has 1 rings (SSSR count). The van der Waals surface area contributed by atoms with Crippen molar-refractivity contribution in [3.05, 3.63) is 0 Å². The van der Waals surface area contributed by atoms with Crippen molar-refractivity contribution >= 4 is 30.4 Å². The molecule has 21 heavy (non-hydrogen) atoms. The van der Waals surface area contributed by atoms with Crippen LogP contribution in [0.4, 0.5) is 0 Å². The Hall–Kier alpha value is -0.270. The van der Waals surface area contributed by atoms with Crippen LogP contribution in [0.5, 0.6) is 0 Å². The molecule has 0 amide bonds. The average molecular weight is 366 g/mol. The summed E-state index contributed by atoms with van der Waals surface area (Å²) in [5, 5.41) is 0. The zero-order valence-corrected chi connectivity index (χ0v) is 14.2. The van der Waals surface area contributed by atoms with Gasteiger partial charge < -0.3 is 0 Å². The van der Waals surface area contributed by atoms with Crippen molar-refractivity contribution in [3.8, 4) is 0 Å². The molecule has 0 aromatic heterocycles. The van der Waals surface area contributed by atoms with E-state index >= 15 is 0 Å². The normalized spacial score (nSPS) is 26.7. The van der Waals surface area contributed by atoms with Gasteiger partial charge in [-0.05, 0) is 17.8 Å². The lowest BCUT2D eigenvalue weighted by Crippen LogP contribution is -2.09. The Labute approximate surface area is 124 Å². The molecule has 0 radical (unpaired) electrons. The Kier molecular flexibility index (Phi) is 5.78. The lowest BCUT2D eigenvalue weighted by Gasteiger charge is -2.01. The van der Waals surface area contributed by atoms with E-state index in [0.29, 0.717) is 0 Å². The van der Waals surface area contributed by atoms with Gasteiger partial charge in [0.2, 0.25) is 0 Å². The molecule has 0 unspecified atom stereocenters. The number of hydrogen-bond donors (Lipinski definition) is 0. The van der Waals surface area contributed by atoms with Crippen molar-refractivity contribution in [1.29, 1.82) is 0 Å². The SMILES string of the molecule is CS(=O)(=O)OCC1C(COS(C)(=O)=O)C1COS(C)(=O)=O. The third-order valence-corrected chi connectivity index (χ3v) is 4.63. The second-order valence-electron chi connectivity index (χ2n) is 4.96. The van der Waals surface area contributed by atoms with Gasteiger partial charge in [0, 0.05) is 0 Å². The van der Waals surface area contributed by atoms with E-state index in [1.807, 2.05) is 0 Å². The second kappa shape index (κ2) is 6.46. The Balaban J connectivity index is 2.59. The monoisotopic (exact) mass is 366 g/mol. The number of rotatable bonds is 9. The minimum atomic E-state index is -3.63. The maximum atomic E-state index is 10.9. The predicted octanol–water partition coefficient (Wildman–Crippen LogP) is -1.22. The minimum Gasteiger partial charge on any atom is -0.270 e. The maximum absolute atomic E-state index is 10.9. The Morgan fingerprint density at radius 3 is 0.905 bits per heavy atom. The highest BCUT2D eigenvalue weighted by Crippen LogP contribution is 2.47. The summed E-state index contributed by atoms with van der Waals surface area (Å²) in [6.07, 6.45) is 2.66. The Bertz CT molecular complexity index is 560.